The van der Waals surface area contributed by atoms with Gasteiger partial charge in [-0.25, -0.2) is 0 Å². The van der Waals surface area contributed by atoms with Crippen LogP contribution < -0.4 is 0 Å². The zero-order valence-electron chi connectivity index (χ0n) is 8.31. The van der Waals surface area contributed by atoms with Crippen molar-refractivity contribution in [2.24, 2.45) is 0 Å². The molecule has 0 fully saturated rings. The van der Waals surface area contributed by atoms with E-state index in [1.54, 1.807) is 12.1 Å². The number of hydrogen-bond donors (Lipinski definition) is 0. The van der Waals surface area contributed by atoms with Gasteiger partial charge in [0.05, 0.1) is 14.2 Å². The molecule has 0 bridgehead atoms. The molecule has 0 unspecified atom stereocenters. The molecule has 5 nitrogen and oxygen atoms in total. The molecule has 0 aliphatic carbocycles. The summed E-state index contributed by atoms with van der Waals surface area (Å²) in [5.74, 6) is 0.646. The molecule has 2 aromatic rings. The Morgan fingerprint density at radius 3 is 2.44 bits per heavy atom. The highest BCUT2D eigenvalue weighted by Gasteiger charge is 2.13. The number of nitro groups is 1. The number of aryl methyl sites for hydroxylation is 1. The molecule has 1 heterocycles. The lowest BCUT2D eigenvalue weighted by molar-refractivity contribution is -0.384. The third kappa shape index (κ3) is 1.92. The molecule has 1 aromatic carbocycles. The maximum Gasteiger partial charge on any atom is 0.269 e. The number of halogens is 1. The second-order valence-corrected chi connectivity index (χ2v) is 4.29. The molecule has 16 heavy (non-hydrogen) atoms. The fourth-order valence-corrected chi connectivity index (χ4v) is 1.78. The van der Waals surface area contributed by atoms with E-state index in [9.17, 15) is 10.1 Å². The molecule has 0 N–H and O–H groups in total. The summed E-state index contributed by atoms with van der Waals surface area (Å²) in [6.45, 7) is 1.85. The first-order valence-corrected chi connectivity index (χ1v) is 5.54. The van der Waals surface area contributed by atoms with Crippen LogP contribution >= 0.6 is 22.6 Å². The topological polar surface area (TPSA) is 69.2 Å². The van der Waals surface area contributed by atoms with Gasteiger partial charge in [-0.1, -0.05) is 5.16 Å². The van der Waals surface area contributed by atoms with E-state index >= 15 is 0 Å². The molecular formula is C10H7IN2O3. The SMILES string of the molecule is Cc1noc(-c2ccc([N+](=O)[O-])cc2)c1I. The maximum absolute atomic E-state index is 10.5. The van der Waals surface area contributed by atoms with Crippen molar-refractivity contribution >= 4 is 28.3 Å². The summed E-state index contributed by atoms with van der Waals surface area (Å²) in [6.07, 6.45) is 0. The van der Waals surface area contributed by atoms with Crippen LogP contribution in [0.25, 0.3) is 11.3 Å². The van der Waals surface area contributed by atoms with Gasteiger partial charge in [-0.3, -0.25) is 10.1 Å². The molecule has 0 radical (unpaired) electrons. The Kier molecular flexibility index (Phi) is 2.90. The predicted molar refractivity (Wildman–Crippen MR) is 66.0 cm³/mol. The van der Waals surface area contributed by atoms with Gasteiger partial charge in [0, 0.05) is 17.7 Å². The van der Waals surface area contributed by atoms with Crippen LogP contribution in [0, 0.1) is 20.6 Å². The molecule has 2 rings (SSSR count). The summed E-state index contributed by atoms with van der Waals surface area (Å²) in [5.41, 5.74) is 1.67. The van der Waals surface area contributed by atoms with Crippen LogP contribution in [0.5, 0.6) is 0 Å². The van der Waals surface area contributed by atoms with Gasteiger partial charge >= 0.3 is 0 Å². The summed E-state index contributed by atoms with van der Waals surface area (Å²) >= 11 is 2.14. The molecule has 0 atom stereocenters. The maximum atomic E-state index is 10.5. The van der Waals surface area contributed by atoms with Gasteiger partial charge in [-0.2, -0.15) is 0 Å². The second kappa shape index (κ2) is 4.20. The van der Waals surface area contributed by atoms with Gasteiger partial charge in [-0.05, 0) is 41.6 Å². The lowest BCUT2D eigenvalue weighted by Gasteiger charge is -1.96. The van der Waals surface area contributed by atoms with Crippen LogP contribution in [0.2, 0.25) is 0 Å². The predicted octanol–water partition coefficient (Wildman–Crippen LogP) is 3.16. The van der Waals surface area contributed by atoms with E-state index in [0.29, 0.717) is 5.76 Å². The van der Waals surface area contributed by atoms with Crippen LogP contribution in [0.1, 0.15) is 5.69 Å². The highest BCUT2D eigenvalue weighted by atomic mass is 127. The molecule has 1 aromatic heterocycles. The standard InChI is InChI=1S/C10H7IN2O3/c1-6-9(11)10(16-12-6)7-2-4-8(5-3-7)13(14)15/h2-5H,1H3. The summed E-state index contributed by atoms with van der Waals surface area (Å²) in [5, 5.41) is 14.3. The highest BCUT2D eigenvalue weighted by molar-refractivity contribution is 14.1. The minimum Gasteiger partial charge on any atom is -0.355 e. The van der Waals surface area contributed by atoms with Crippen LogP contribution in [0.15, 0.2) is 28.8 Å². The van der Waals surface area contributed by atoms with E-state index in [2.05, 4.69) is 27.7 Å². The van der Waals surface area contributed by atoms with Crippen LogP contribution in [0.3, 0.4) is 0 Å². The number of non-ortho nitro benzene ring substituents is 1. The molecule has 82 valence electrons. The van der Waals surface area contributed by atoms with E-state index < -0.39 is 4.92 Å². The Morgan fingerprint density at radius 2 is 2.00 bits per heavy atom. The van der Waals surface area contributed by atoms with Crippen molar-refractivity contribution < 1.29 is 9.45 Å². The van der Waals surface area contributed by atoms with Crippen molar-refractivity contribution in [1.82, 2.24) is 5.16 Å². The Labute approximate surface area is 105 Å². The summed E-state index contributed by atoms with van der Waals surface area (Å²) in [7, 11) is 0. The van der Waals surface area contributed by atoms with E-state index in [1.807, 2.05) is 6.92 Å². The molecule has 6 heteroatoms. The van der Waals surface area contributed by atoms with Crippen LogP contribution in [-0.4, -0.2) is 10.1 Å². The second-order valence-electron chi connectivity index (χ2n) is 3.22. The van der Waals surface area contributed by atoms with E-state index in [4.69, 9.17) is 4.52 Å². The first-order chi connectivity index (χ1) is 7.59. The summed E-state index contributed by atoms with van der Waals surface area (Å²) in [6, 6.07) is 6.20. The summed E-state index contributed by atoms with van der Waals surface area (Å²) in [4.78, 5) is 10.1. The Morgan fingerprint density at radius 1 is 1.38 bits per heavy atom. The number of benzene rings is 1. The molecule has 0 saturated carbocycles. The van der Waals surface area contributed by atoms with E-state index in [0.717, 1.165) is 14.8 Å². The largest absolute Gasteiger partial charge is 0.355 e. The van der Waals surface area contributed by atoms with Crippen molar-refractivity contribution in [2.45, 2.75) is 6.92 Å². The quantitative estimate of drug-likeness (QED) is 0.482. The smallest absolute Gasteiger partial charge is 0.269 e. The lowest BCUT2D eigenvalue weighted by atomic mass is 10.1. The monoisotopic (exact) mass is 330 g/mol. The molecule has 0 spiro atoms. The van der Waals surface area contributed by atoms with Crippen molar-refractivity contribution in [3.8, 4) is 11.3 Å². The van der Waals surface area contributed by atoms with Crippen molar-refractivity contribution in [1.29, 1.82) is 0 Å². The van der Waals surface area contributed by atoms with Crippen molar-refractivity contribution in [2.75, 3.05) is 0 Å². The molecular weight excluding hydrogens is 323 g/mol. The highest BCUT2D eigenvalue weighted by Crippen LogP contribution is 2.28. The zero-order chi connectivity index (χ0) is 11.7. The molecule has 0 aliphatic rings. The first-order valence-electron chi connectivity index (χ1n) is 4.46. The number of aromatic nitrogens is 1. The van der Waals surface area contributed by atoms with Crippen molar-refractivity contribution in [3.05, 3.63) is 43.6 Å². The average Bonchev–Trinajstić information content (AvgIpc) is 2.60. The summed E-state index contributed by atoms with van der Waals surface area (Å²) < 4.78 is 6.08. The third-order valence-electron chi connectivity index (χ3n) is 2.13. The Hall–Kier alpha value is -1.44. The van der Waals surface area contributed by atoms with Gasteiger partial charge in [0.15, 0.2) is 5.76 Å². The minimum atomic E-state index is -0.430. The van der Waals surface area contributed by atoms with Gasteiger partial charge in [-0.15, -0.1) is 0 Å². The number of rotatable bonds is 2. The van der Waals surface area contributed by atoms with E-state index in [-0.39, 0.29) is 5.69 Å². The van der Waals surface area contributed by atoms with Gasteiger partial charge < -0.3 is 4.52 Å². The molecule has 0 saturated heterocycles. The number of hydrogen-bond acceptors (Lipinski definition) is 4. The average molecular weight is 330 g/mol. The molecule has 0 amide bonds. The Balaban J connectivity index is 2.42. The minimum absolute atomic E-state index is 0.0648. The Bertz CT molecular complexity index is 533. The van der Waals surface area contributed by atoms with E-state index in [1.165, 1.54) is 12.1 Å². The van der Waals surface area contributed by atoms with Crippen molar-refractivity contribution in [3.63, 3.8) is 0 Å². The van der Waals surface area contributed by atoms with Gasteiger partial charge in [0.25, 0.3) is 5.69 Å². The normalized spacial score (nSPS) is 10.4. The fraction of sp³-hybridized carbons (Fsp3) is 0.100. The fourth-order valence-electron chi connectivity index (χ4n) is 1.27. The van der Waals surface area contributed by atoms with Gasteiger partial charge in [0.1, 0.15) is 0 Å². The number of nitrogens with zero attached hydrogens (tertiary/aromatic N) is 2. The number of nitro benzene ring substituents is 1. The van der Waals surface area contributed by atoms with Crippen LogP contribution in [-0.2, 0) is 0 Å². The lowest BCUT2D eigenvalue weighted by Crippen LogP contribution is -1.87. The molecule has 0 aliphatic heterocycles. The zero-order valence-corrected chi connectivity index (χ0v) is 10.5. The first kappa shape index (κ1) is 11.1. The van der Waals surface area contributed by atoms with Gasteiger partial charge in [0.2, 0.25) is 0 Å². The van der Waals surface area contributed by atoms with Crippen LogP contribution in [0.4, 0.5) is 5.69 Å². The third-order valence-corrected chi connectivity index (χ3v) is 3.40.